The summed E-state index contributed by atoms with van der Waals surface area (Å²) >= 11 is 0. The molecule has 3 aromatic rings. The van der Waals surface area contributed by atoms with E-state index in [9.17, 15) is 4.79 Å². The quantitative estimate of drug-likeness (QED) is 0.722. The number of ether oxygens (including phenoxy) is 1. The minimum atomic E-state index is -0.0569. The zero-order chi connectivity index (χ0) is 18.6. The van der Waals surface area contributed by atoms with Crippen LogP contribution in [0.4, 0.5) is 11.6 Å². The van der Waals surface area contributed by atoms with Gasteiger partial charge in [-0.25, -0.2) is 4.98 Å². The number of carbonyl (C=O) groups excluding carboxylic acids is 1. The normalized spacial score (nSPS) is 17.1. The molecule has 1 aliphatic rings. The molecule has 0 unspecified atom stereocenters. The third-order valence-electron chi connectivity index (χ3n) is 4.90. The van der Waals surface area contributed by atoms with Crippen LogP contribution in [-0.2, 0) is 4.79 Å². The van der Waals surface area contributed by atoms with Gasteiger partial charge in [0.15, 0.2) is 0 Å². The lowest BCUT2D eigenvalue weighted by Gasteiger charge is -2.31. The van der Waals surface area contributed by atoms with Gasteiger partial charge in [-0.3, -0.25) is 4.79 Å². The first-order valence-electron chi connectivity index (χ1n) is 9.46. The molecule has 1 aliphatic heterocycles. The minimum Gasteiger partial charge on any atom is -0.494 e. The van der Waals surface area contributed by atoms with Crippen LogP contribution < -0.4 is 15.0 Å². The molecule has 1 atom stereocenters. The summed E-state index contributed by atoms with van der Waals surface area (Å²) in [5, 5.41) is 3.03. The SMILES string of the molecule is CCOc1ccc(NC(=O)[C@@H]2CCCN(c3nc4ccccc4[nH]3)C2)cc1. The van der Waals surface area contributed by atoms with Gasteiger partial charge in [-0.2, -0.15) is 0 Å². The fraction of sp³-hybridized carbons (Fsp3) is 0.333. The average molecular weight is 364 g/mol. The number of carbonyl (C=O) groups is 1. The first-order valence-corrected chi connectivity index (χ1v) is 9.46. The topological polar surface area (TPSA) is 70.2 Å². The van der Waals surface area contributed by atoms with E-state index in [0.29, 0.717) is 13.2 Å². The number of hydrogen-bond acceptors (Lipinski definition) is 4. The standard InChI is InChI=1S/C21H24N4O2/c1-2-27-17-11-9-16(10-12-17)22-20(26)15-6-5-13-25(14-15)21-23-18-7-3-4-8-19(18)24-21/h3-4,7-12,15H,2,5-6,13-14H2,1H3,(H,22,26)(H,23,24)/t15-/m1/s1. The van der Waals surface area contributed by atoms with Crippen LogP contribution in [0.2, 0.25) is 0 Å². The second-order valence-electron chi connectivity index (χ2n) is 6.81. The summed E-state index contributed by atoms with van der Waals surface area (Å²) < 4.78 is 5.44. The van der Waals surface area contributed by atoms with Crippen LogP contribution in [0.5, 0.6) is 5.75 Å². The zero-order valence-corrected chi connectivity index (χ0v) is 15.4. The van der Waals surface area contributed by atoms with Gasteiger partial charge in [0.25, 0.3) is 0 Å². The van der Waals surface area contributed by atoms with Crippen LogP contribution in [-0.4, -0.2) is 35.6 Å². The Kier molecular flexibility index (Phi) is 4.96. The molecule has 1 fully saturated rings. The number of para-hydroxylation sites is 2. The Balaban J connectivity index is 1.41. The molecule has 1 saturated heterocycles. The maximum atomic E-state index is 12.7. The summed E-state index contributed by atoms with van der Waals surface area (Å²) in [6.07, 6.45) is 1.86. The third kappa shape index (κ3) is 3.89. The summed E-state index contributed by atoms with van der Waals surface area (Å²) in [5.74, 6) is 1.65. The van der Waals surface area contributed by atoms with Gasteiger partial charge >= 0.3 is 0 Å². The molecule has 4 rings (SSSR count). The summed E-state index contributed by atoms with van der Waals surface area (Å²) in [6.45, 7) is 4.16. The van der Waals surface area contributed by atoms with Crippen LogP contribution in [0.25, 0.3) is 11.0 Å². The largest absolute Gasteiger partial charge is 0.494 e. The number of benzene rings is 2. The molecule has 140 valence electrons. The van der Waals surface area contributed by atoms with E-state index in [1.807, 2.05) is 55.5 Å². The summed E-state index contributed by atoms with van der Waals surface area (Å²) in [7, 11) is 0. The molecule has 2 N–H and O–H groups in total. The van der Waals surface area contributed by atoms with Gasteiger partial charge in [0.1, 0.15) is 5.75 Å². The van der Waals surface area contributed by atoms with Crippen molar-refractivity contribution in [3.63, 3.8) is 0 Å². The number of fused-ring (bicyclic) bond motifs is 1. The van der Waals surface area contributed by atoms with E-state index in [1.54, 1.807) is 0 Å². The Labute approximate surface area is 158 Å². The number of anilines is 2. The number of nitrogens with zero attached hydrogens (tertiary/aromatic N) is 2. The van der Waals surface area contributed by atoms with Crippen molar-refractivity contribution < 1.29 is 9.53 Å². The Bertz CT molecular complexity index is 886. The van der Waals surface area contributed by atoms with Crippen LogP contribution in [0.1, 0.15) is 19.8 Å². The van der Waals surface area contributed by atoms with E-state index in [-0.39, 0.29) is 11.8 Å². The number of aromatic amines is 1. The first kappa shape index (κ1) is 17.4. The van der Waals surface area contributed by atoms with E-state index in [0.717, 1.165) is 47.8 Å². The van der Waals surface area contributed by atoms with Crippen molar-refractivity contribution in [3.8, 4) is 5.75 Å². The smallest absolute Gasteiger partial charge is 0.229 e. The maximum Gasteiger partial charge on any atom is 0.229 e. The van der Waals surface area contributed by atoms with Crippen LogP contribution in [0.3, 0.4) is 0 Å². The zero-order valence-electron chi connectivity index (χ0n) is 15.4. The Morgan fingerprint density at radius 2 is 2.07 bits per heavy atom. The van der Waals surface area contributed by atoms with Crippen LogP contribution in [0, 0.1) is 5.92 Å². The van der Waals surface area contributed by atoms with Crippen molar-refractivity contribution in [1.82, 2.24) is 9.97 Å². The van der Waals surface area contributed by atoms with Crippen LogP contribution in [0.15, 0.2) is 48.5 Å². The number of aromatic nitrogens is 2. The minimum absolute atomic E-state index is 0.0555. The number of imidazole rings is 1. The van der Waals surface area contributed by atoms with Crippen LogP contribution >= 0.6 is 0 Å². The van der Waals surface area contributed by atoms with Crippen molar-refractivity contribution in [2.75, 3.05) is 29.9 Å². The molecule has 2 aromatic carbocycles. The Hall–Kier alpha value is -3.02. The molecule has 1 aromatic heterocycles. The lowest BCUT2D eigenvalue weighted by Crippen LogP contribution is -2.41. The molecular weight excluding hydrogens is 340 g/mol. The summed E-state index contributed by atoms with van der Waals surface area (Å²) in [4.78, 5) is 22.9. The second kappa shape index (κ2) is 7.70. The van der Waals surface area contributed by atoms with Gasteiger partial charge in [0, 0.05) is 18.8 Å². The first-order chi connectivity index (χ1) is 13.2. The average Bonchev–Trinajstić information content (AvgIpc) is 3.14. The number of amides is 1. The van der Waals surface area contributed by atoms with E-state index in [2.05, 4.69) is 20.2 Å². The van der Waals surface area contributed by atoms with Gasteiger partial charge in [-0.1, -0.05) is 12.1 Å². The predicted molar refractivity (Wildman–Crippen MR) is 107 cm³/mol. The number of piperidine rings is 1. The second-order valence-corrected chi connectivity index (χ2v) is 6.81. The van der Waals surface area contributed by atoms with Crippen molar-refractivity contribution in [2.24, 2.45) is 5.92 Å². The molecule has 6 heteroatoms. The monoisotopic (exact) mass is 364 g/mol. The molecule has 0 bridgehead atoms. The van der Waals surface area contributed by atoms with E-state index >= 15 is 0 Å². The third-order valence-corrected chi connectivity index (χ3v) is 4.90. The molecule has 0 radical (unpaired) electrons. The Morgan fingerprint density at radius 3 is 2.85 bits per heavy atom. The molecular formula is C21H24N4O2. The van der Waals surface area contributed by atoms with E-state index in [4.69, 9.17) is 4.74 Å². The van der Waals surface area contributed by atoms with Gasteiger partial charge < -0.3 is 19.9 Å². The van der Waals surface area contributed by atoms with E-state index < -0.39 is 0 Å². The number of nitrogens with one attached hydrogen (secondary N) is 2. The predicted octanol–water partition coefficient (Wildman–Crippen LogP) is 3.82. The highest BCUT2D eigenvalue weighted by Crippen LogP contribution is 2.25. The fourth-order valence-corrected chi connectivity index (χ4v) is 3.52. The lowest BCUT2D eigenvalue weighted by atomic mass is 9.97. The van der Waals surface area contributed by atoms with Crippen molar-refractivity contribution in [1.29, 1.82) is 0 Å². The van der Waals surface area contributed by atoms with Crippen molar-refractivity contribution in [3.05, 3.63) is 48.5 Å². The highest BCUT2D eigenvalue weighted by Gasteiger charge is 2.27. The highest BCUT2D eigenvalue weighted by atomic mass is 16.5. The summed E-state index contributed by atoms with van der Waals surface area (Å²) in [5.41, 5.74) is 2.77. The van der Waals surface area contributed by atoms with Gasteiger partial charge in [0.2, 0.25) is 11.9 Å². The molecule has 0 aliphatic carbocycles. The lowest BCUT2D eigenvalue weighted by molar-refractivity contribution is -0.120. The van der Waals surface area contributed by atoms with Gasteiger partial charge in [0.05, 0.1) is 23.6 Å². The number of H-pyrrole nitrogens is 1. The Morgan fingerprint density at radius 1 is 1.26 bits per heavy atom. The molecule has 27 heavy (non-hydrogen) atoms. The highest BCUT2D eigenvalue weighted by molar-refractivity contribution is 5.93. The molecule has 6 nitrogen and oxygen atoms in total. The molecule has 1 amide bonds. The van der Waals surface area contributed by atoms with Gasteiger partial charge in [-0.15, -0.1) is 0 Å². The van der Waals surface area contributed by atoms with E-state index in [1.165, 1.54) is 0 Å². The number of hydrogen-bond donors (Lipinski definition) is 2. The maximum absolute atomic E-state index is 12.7. The summed E-state index contributed by atoms with van der Waals surface area (Å²) in [6, 6.07) is 15.5. The van der Waals surface area contributed by atoms with Gasteiger partial charge in [-0.05, 0) is 56.2 Å². The molecule has 0 saturated carbocycles. The molecule has 0 spiro atoms. The molecule has 2 heterocycles. The number of rotatable bonds is 5. The fourth-order valence-electron chi connectivity index (χ4n) is 3.52. The van der Waals surface area contributed by atoms with Crippen molar-refractivity contribution >= 4 is 28.6 Å². The van der Waals surface area contributed by atoms with Crippen molar-refractivity contribution in [2.45, 2.75) is 19.8 Å².